The molecule has 7 nitrogen and oxygen atoms in total. The van der Waals surface area contributed by atoms with E-state index in [-0.39, 0.29) is 44.5 Å². The van der Waals surface area contributed by atoms with Crippen molar-refractivity contribution in [3.63, 3.8) is 0 Å². The van der Waals surface area contributed by atoms with E-state index >= 15 is 0 Å². The van der Waals surface area contributed by atoms with Gasteiger partial charge in [-0.3, -0.25) is 14.4 Å². The molecule has 1 aromatic rings. The van der Waals surface area contributed by atoms with E-state index in [1.54, 1.807) is 4.90 Å². The largest absolute Gasteiger partial charge is 0.480 e. The number of hydrogen-bond donors (Lipinski definition) is 1. The van der Waals surface area contributed by atoms with Gasteiger partial charge in [-0.25, -0.2) is 0 Å². The van der Waals surface area contributed by atoms with Gasteiger partial charge in [0.15, 0.2) is 0 Å². The third-order valence-corrected chi connectivity index (χ3v) is 3.50. The lowest BCUT2D eigenvalue weighted by molar-refractivity contribution is -0.145. The second-order valence-electron chi connectivity index (χ2n) is 5.38. The topological polar surface area (TPSA) is 87.2 Å². The molecule has 0 bridgehead atoms. The van der Waals surface area contributed by atoms with Crippen molar-refractivity contribution in [2.45, 2.75) is 19.9 Å². The number of ether oxygens (including phenoxy) is 1. The number of carbonyl (C=O) groups is 3. The smallest absolute Gasteiger partial charge is 0.323 e. The highest BCUT2D eigenvalue weighted by atomic mass is 16.5. The number of nitrogens with zero attached hydrogens (tertiary/aromatic N) is 2. The van der Waals surface area contributed by atoms with Gasteiger partial charge in [-0.2, -0.15) is 0 Å². The number of carboxylic acid groups (broad SMARTS) is 1. The first-order valence-electron chi connectivity index (χ1n) is 7.72. The standard InChI is InChI=1S/C17H24N2O5/c1-14(20)18(12-15-6-4-3-5-7-15)9-8-16(21)19(10-11-24-2)13-17(22)23/h3-7H,8-13H2,1-2H3,(H,22,23). The van der Waals surface area contributed by atoms with E-state index in [2.05, 4.69) is 0 Å². The minimum Gasteiger partial charge on any atom is -0.480 e. The fourth-order valence-electron chi connectivity index (χ4n) is 2.20. The zero-order chi connectivity index (χ0) is 17.9. The molecule has 0 aliphatic rings. The number of amides is 2. The van der Waals surface area contributed by atoms with E-state index in [1.165, 1.54) is 18.9 Å². The van der Waals surface area contributed by atoms with Crippen LogP contribution in [0.4, 0.5) is 0 Å². The normalized spacial score (nSPS) is 10.2. The highest BCUT2D eigenvalue weighted by molar-refractivity contribution is 5.82. The van der Waals surface area contributed by atoms with Crippen molar-refractivity contribution in [3.8, 4) is 0 Å². The molecule has 7 heteroatoms. The summed E-state index contributed by atoms with van der Waals surface area (Å²) in [4.78, 5) is 37.7. The first kappa shape index (κ1) is 19.6. The maximum Gasteiger partial charge on any atom is 0.323 e. The van der Waals surface area contributed by atoms with Crippen LogP contribution in [0.3, 0.4) is 0 Å². The van der Waals surface area contributed by atoms with Crippen LogP contribution in [0.15, 0.2) is 30.3 Å². The van der Waals surface area contributed by atoms with Crippen molar-refractivity contribution in [1.29, 1.82) is 0 Å². The number of hydrogen-bond acceptors (Lipinski definition) is 4. The fourth-order valence-corrected chi connectivity index (χ4v) is 2.20. The maximum absolute atomic E-state index is 12.2. The summed E-state index contributed by atoms with van der Waals surface area (Å²) in [5.74, 6) is -1.52. The first-order chi connectivity index (χ1) is 11.4. The molecule has 132 valence electrons. The highest BCUT2D eigenvalue weighted by Crippen LogP contribution is 2.06. The molecule has 0 aliphatic carbocycles. The van der Waals surface area contributed by atoms with E-state index in [4.69, 9.17) is 9.84 Å². The lowest BCUT2D eigenvalue weighted by atomic mass is 10.2. The third-order valence-electron chi connectivity index (χ3n) is 3.50. The van der Waals surface area contributed by atoms with E-state index in [9.17, 15) is 14.4 Å². The summed E-state index contributed by atoms with van der Waals surface area (Å²) in [5, 5.41) is 8.89. The molecule has 0 aliphatic heterocycles. The summed E-state index contributed by atoms with van der Waals surface area (Å²) in [6.45, 7) is 2.21. The zero-order valence-corrected chi connectivity index (χ0v) is 14.1. The van der Waals surface area contributed by atoms with Crippen LogP contribution in [0, 0.1) is 0 Å². The summed E-state index contributed by atoms with van der Waals surface area (Å²) in [5.41, 5.74) is 0.974. The quantitative estimate of drug-likeness (QED) is 0.688. The molecule has 1 rings (SSSR count). The van der Waals surface area contributed by atoms with Gasteiger partial charge in [0.1, 0.15) is 6.54 Å². The lowest BCUT2D eigenvalue weighted by Crippen LogP contribution is -2.40. The summed E-state index contributed by atoms with van der Waals surface area (Å²) >= 11 is 0. The Morgan fingerprint density at radius 1 is 1.08 bits per heavy atom. The van der Waals surface area contributed by atoms with Crippen LogP contribution in [-0.4, -0.2) is 66.0 Å². The van der Waals surface area contributed by atoms with Gasteiger partial charge >= 0.3 is 5.97 Å². The predicted molar refractivity (Wildman–Crippen MR) is 88.2 cm³/mol. The minimum absolute atomic E-state index is 0.0728. The van der Waals surface area contributed by atoms with Gasteiger partial charge in [0.05, 0.1) is 6.61 Å². The zero-order valence-electron chi connectivity index (χ0n) is 14.1. The Morgan fingerprint density at radius 3 is 2.29 bits per heavy atom. The number of carbonyl (C=O) groups excluding carboxylic acids is 2. The molecular weight excluding hydrogens is 312 g/mol. The van der Waals surface area contributed by atoms with Crippen LogP contribution >= 0.6 is 0 Å². The molecule has 0 unspecified atom stereocenters. The van der Waals surface area contributed by atoms with Crippen molar-refractivity contribution in [2.75, 3.05) is 33.4 Å². The Labute approximate surface area is 141 Å². The molecule has 0 aromatic heterocycles. The van der Waals surface area contributed by atoms with E-state index in [0.29, 0.717) is 6.54 Å². The highest BCUT2D eigenvalue weighted by Gasteiger charge is 2.18. The van der Waals surface area contributed by atoms with Crippen LogP contribution in [-0.2, 0) is 25.7 Å². The maximum atomic E-state index is 12.2. The van der Waals surface area contributed by atoms with Gasteiger partial charge in [0.25, 0.3) is 0 Å². The molecule has 0 spiro atoms. The number of aliphatic carboxylic acids is 1. The molecule has 0 atom stereocenters. The van der Waals surface area contributed by atoms with Gasteiger partial charge in [0, 0.05) is 40.1 Å². The Hall–Kier alpha value is -2.41. The van der Waals surface area contributed by atoms with Gasteiger partial charge in [-0.1, -0.05) is 30.3 Å². The van der Waals surface area contributed by atoms with Crippen molar-refractivity contribution < 1.29 is 24.2 Å². The molecule has 0 saturated carbocycles. The molecule has 0 radical (unpaired) electrons. The first-order valence-corrected chi connectivity index (χ1v) is 7.72. The van der Waals surface area contributed by atoms with Crippen LogP contribution < -0.4 is 0 Å². The molecule has 24 heavy (non-hydrogen) atoms. The average molecular weight is 336 g/mol. The minimum atomic E-state index is -1.08. The summed E-state index contributed by atoms with van der Waals surface area (Å²) in [6.07, 6.45) is 0.0728. The van der Waals surface area contributed by atoms with E-state index in [1.807, 2.05) is 30.3 Å². The van der Waals surface area contributed by atoms with E-state index < -0.39 is 5.97 Å². The van der Waals surface area contributed by atoms with Crippen molar-refractivity contribution in [2.24, 2.45) is 0 Å². The molecular formula is C17H24N2O5. The predicted octanol–water partition coefficient (Wildman–Crippen LogP) is 0.985. The molecule has 0 saturated heterocycles. The molecule has 1 aromatic carbocycles. The molecule has 0 fully saturated rings. The number of rotatable bonds is 10. The lowest BCUT2D eigenvalue weighted by Gasteiger charge is -2.24. The van der Waals surface area contributed by atoms with Crippen LogP contribution in [0.1, 0.15) is 18.9 Å². The summed E-state index contributed by atoms with van der Waals surface area (Å²) < 4.78 is 4.90. The van der Waals surface area contributed by atoms with Gasteiger partial charge in [0.2, 0.25) is 11.8 Å². The number of methoxy groups -OCH3 is 1. The van der Waals surface area contributed by atoms with Crippen LogP contribution in [0.5, 0.6) is 0 Å². The van der Waals surface area contributed by atoms with Gasteiger partial charge < -0.3 is 19.6 Å². The number of carboxylic acids is 1. The van der Waals surface area contributed by atoms with Crippen molar-refractivity contribution >= 4 is 17.8 Å². The SMILES string of the molecule is COCCN(CC(=O)O)C(=O)CCN(Cc1ccccc1)C(C)=O. The van der Waals surface area contributed by atoms with Gasteiger partial charge in [-0.05, 0) is 5.56 Å². The monoisotopic (exact) mass is 336 g/mol. The van der Waals surface area contributed by atoms with Crippen LogP contribution in [0.2, 0.25) is 0 Å². The fraction of sp³-hybridized carbons (Fsp3) is 0.471. The molecule has 0 heterocycles. The average Bonchev–Trinajstić information content (AvgIpc) is 2.55. The summed E-state index contributed by atoms with van der Waals surface area (Å²) in [6, 6.07) is 9.49. The Bertz CT molecular complexity index is 547. The molecule has 1 N–H and O–H groups in total. The second-order valence-corrected chi connectivity index (χ2v) is 5.38. The van der Waals surface area contributed by atoms with Crippen molar-refractivity contribution in [1.82, 2.24) is 9.80 Å². The Morgan fingerprint density at radius 2 is 1.75 bits per heavy atom. The summed E-state index contributed by atoms with van der Waals surface area (Å²) in [7, 11) is 1.49. The second kappa shape index (κ2) is 10.4. The number of benzene rings is 1. The van der Waals surface area contributed by atoms with Crippen LogP contribution in [0.25, 0.3) is 0 Å². The molecule has 2 amide bonds. The Balaban J connectivity index is 2.61. The van der Waals surface area contributed by atoms with Crippen molar-refractivity contribution in [3.05, 3.63) is 35.9 Å². The third kappa shape index (κ3) is 7.23. The Kier molecular flexibility index (Phi) is 8.49. The van der Waals surface area contributed by atoms with E-state index in [0.717, 1.165) is 5.56 Å². The van der Waals surface area contributed by atoms with Gasteiger partial charge in [-0.15, -0.1) is 0 Å².